The van der Waals surface area contributed by atoms with Crippen LogP contribution in [0.3, 0.4) is 0 Å². The number of nitrogens with zero attached hydrogens (tertiary/aromatic N) is 3. The van der Waals surface area contributed by atoms with Crippen molar-refractivity contribution in [1.82, 2.24) is 15.0 Å². The minimum atomic E-state index is -1.06. The van der Waals surface area contributed by atoms with Crippen molar-refractivity contribution in [2.45, 2.75) is 19.3 Å². The van der Waals surface area contributed by atoms with Crippen LogP contribution in [-0.4, -0.2) is 39.1 Å². The Morgan fingerprint density at radius 3 is 2.62 bits per heavy atom. The lowest BCUT2D eigenvalue weighted by Crippen LogP contribution is -2.35. The number of aromatic carboxylic acids is 1. The van der Waals surface area contributed by atoms with Crippen molar-refractivity contribution >= 4 is 11.8 Å². The molecule has 1 aromatic heterocycles. The molecule has 0 atom stereocenters. The van der Waals surface area contributed by atoms with E-state index in [-0.39, 0.29) is 5.69 Å². The number of carbonyl (C=O) groups is 1. The first-order valence-corrected chi connectivity index (χ1v) is 5.33. The number of hydrazine groups is 1. The lowest BCUT2D eigenvalue weighted by molar-refractivity contribution is 0.0690. The van der Waals surface area contributed by atoms with Crippen molar-refractivity contribution < 1.29 is 9.90 Å². The third kappa shape index (κ3) is 2.46. The number of nitrogens with one attached hydrogen (secondary N) is 1. The van der Waals surface area contributed by atoms with Crippen LogP contribution in [0.5, 0.6) is 0 Å². The molecule has 2 heterocycles. The van der Waals surface area contributed by atoms with E-state index in [1.807, 2.05) is 5.01 Å². The van der Waals surface area contributed by atoms with Crippen LogP contribution >= 0.6 is 0 Å². The third-order valence-electron chi connectivity index (χ3n) is 2.52. The summed E-state index contributed by atoms with van der Waals surface area (Å²) in [6, 6.07) is 0. The van der Waals surface area contributed by atoms with E-state index in [0.29, 0.717) is 5.82 Å². The molecule has 16 heavy (non-hydrogen) atoms. The van der Waals surface area contributed by atoms with E-state index in [1.165, 1.54) is 18.8 Å². The normalized spacial score (nSPS) is 17.0. The Hall–Kier alpha value is -1.69. The fraction of sp³-hybridized carbons (Fsp3) is 0.500. The van der Waals surface area contributed by atoms with Crippen molar-refractivity contribution in [3.63, 3.8) is 0 Å². The van der Waals surface area contributed by atoms with E-state index in [2.05, 4.69) is 15.4 Å². The molecule has 1 aliphatic heterocycles. The first kappa shape index (κ1) is 10.8. The summed E-state index contributed by atoms with van der Waals surface area (Å²) in [7, 11) is 0. The molecule has 2 N–H and O–H groups in total. The summed E-state index contributed by atoms with van der Waals surface area (Å²) in [5, 5.41) is 10.9. The number of piperidine rings is 1. The van der Waals surface area contributed by atoms with E-state index < -0.39 is 5.97 Å². The molecule has 1 aliphatic rings. The van der Waals surface area contributed by atoms with Gasteiger partial charge in [-0.2, -0.15) is 0 Å². The number of hydrogen-bond acceptors (Lipinski definition) is 5. The molecule has 0 radical (unpaired) electrons. The summed E-state index contributed by atoms with van der Waals surface area (Å²) < 4.78 is 0. The smallest absolute Gasteiger partial charge is 0.358 e. The summed E-state index contributed by atoms with van der Waals surface area (Å²) in [5.41, 5.74) is 2.98. The second kappa shape index (κ2) is 4.89. The molecule has 0 aromatic carbocycles. The zero-order valence-electron chi connectivity index (χ0n) is 8.89. The van der Waals surface area contributed by atoms with Crippen LogP contribution in [0.15, 0.2) is 12.4 Å². The highest BCUT2D eigenvalue weighted by atomic mass is 16.4. The van der Waals surface area contributed by atoms with Crippen LogP contribution in [0.25, 0.3) is 0 Å². The summed E-state index contributed by atoms with van der Waals surface area (Å²) in [4.78, 5) is 18.7. The molecule has 1 saturated heterocycles. The summed E-state index contributed by atoms with van der Waals surface area (Å²) >= 11 is 0. The fourth-order valence-corrected chi connectivity index (χ4v) is 1.73. The topological polar surface area (TPSA) is 78.3 Å². The number of carboxylic acids is 1. The molecule has 0 saturated carbocycles. The summed E-state index contributed by atoms with van der Waals surface area (Å²) in [6.07, 6.45) is 6.33. The number of anilines is 1. The first-order chi connectivity index (χ1) is 7.77. The molecule has 0 unspecified atom stereocenters. The number of hydrogen-bond donors (Lipinski definition) is 2. The van der Waals surface area contributed by atoms with Crippen molar-refractivity contribution in [2.75, 3.05) is 18.5 Å². The molecule has 1 fully saturated rings. The van der Waals surface area contributed by atoms with E-state index in [0.717, 1.165) is 25.9 Å². The van der Waals surface area contributed by atoms with Gasteiger partial charge in [-0.15, -0.1) is 0 Å². The molecule has 0 bridgehead atoms. The highest BCUT2D eigenvalue weighted by Gasteiger charge is 2.16. The van der Waals surface area contributed by atoms with Gasteiger partial charge in [0.05, 0.1) is 0 Å². The second-order valence-corrected chi connectivity index (χ2v) is 3.72. The average Bonchev–Trinajstić information content (AvgIpc) is 2.31. The van der Waals surface area contributed by atoms with E-state index >= 15 is 0 Å². The number of rotatable bonds is 3. The Morgan fingerprint density at radius 2 is 1.94 bits per heavy atom. The van der Waals surface area contributed by atoms with Gasteiger partial charge in [-0.3, -0.25) is 0 Å². The predicted molar refractivity (Wildman–Crippen MR) is 58.0 cm³/mol. The van der Waals surface area contributed by atoms with Crippen molar-refractivity contribution in [3.8, 4) is 0 Å². The monoisotopic (exact) mass is 222 g/mol. The van der Waals surface area contributed by atoms with E-state index in [1.54, 1.807) is 0 Å². The largest absolute Gasteiger partial charge is 0.476 e. The number of carboxylic acid groups (broad SMARTS) is 1. The molecule has 6 nitrogen and oxygen atoms in total. The van der Waals surface area contributed by atoms with Crippen LogP contribution < -0.4 is 5.43 Å². The molecule has 0 aliphatic carbocycles. The Bertz CT molecular complexity index is 377. The maximum Gasteiger partial charge on any atom is 0.358 e. The molecule has 1 aromatic rings. The molecular formula is C10H14N4O2. The zero-order chi connectivity index (χ0) is 11.4. The highest BCUT2D eigenvalue weighted by Crippen LogP contribution is 2.13. The average molecular weight is 222 g/mol. The Balaban J connectivity index is 2.10. The minimum Gasteiger partial charge on any atom is -0.476 e. The van der Waals surface area contributed by atoms with Gasteiger partial charge in [-0.25, -0.2) is 19.8 Å². The van der Waals surface area contributed by atoms with Crippen molar-refractivity contribution in [1.29, 1.82) is 0 Å². The summed E-state index contributed by atoms with van der Waals surface area (Å²) in [5.74, 6) is -0.746. The lowest BCUT2D eigenvalue weighted by Gasteiger charge is -2.27. The maximum absolute atomic E-state index is 10.9. The third-order valence-corrected chi connectivity index (χ3v) is 2.52. The highest BCUT2D eigenvalue weighted by molar-refractivity contribution is 5.90. The lowest BCUT2D eigenvalue weighted by atomic mass is 10.2. The predicted octanol–water partition coefficient (Wildman–Crippen LogP) is 0.988. The molecule has 0 amide bonds. The van der Waals surface area contributed by atoms with Crippen LogP contribution in [0, 0.1) is 0 Å². The summed E-state index contributed by atoms with van der Waals surface area (Å²) in [6.45, 7) is 1.82. The van der Waals surface area contributed by atoms with Crippen molar-refractivity contribution in [3.05, 3.63) is 18.1 Å². The van der Waals surface area contributed by atoms with Gasteiger partial charge >= 0.3 is 5.97 Å². The molecule has 2 rings (SSSR count). The Morgan fingerprint density at radius 1 is 1.25 bits per heavy atom. The zero-order valence-corrected chi connectivity index (χ0v) is 8.89. The Kier molecular flexibility index (Phi) is 3.31. The molecular weight excluding hydrogens is 208 g/mol. The second-order valence-electron chi connectivity index (χ2n) is 3.72. The van der Waals surface area contributed by atoms with Crippen molar-refractivity contribution in [2.24, 2.45) is 0 Å². The first-order valence-electron chi connectivity index (χ1n) is 5.33. The van der Waals surface area contributed by atoms with Gasteiger partial charge in [0, 0.05) is 25.5 Å². The van der Waals surface area contributed by atoms with Gasteiger partial charge in [0.2, 0.25) is 0 Å². The van der Waals surface area contributed by atoms with Crippen LogP contribution in [0.2, 0.25) is 0 Å². The maximum atomic E-state index is 10.9. The van der Waals surface area contributed by atoms with Gasteiger partial charge < -0.3 is 10.5 Å². The van der Waals surface area contributed by atoms with Gasteiger partial charge in [-0.05, 0) is 12.8 Å². The van der Waals surface area contributed by atoms with E-state index in [4.69, 9.17) is 5.11 Å². The van der Waals surface area contributed by atoms with Gasteiger partial charge in [-0.1, -0.05) is 6.42 Å². The fourth-order valence-electron chi connectivity index (χ4n) is 1.73. The standard InChI is InChI=1S/C10H14N4O2/c15-10(16)8-9(12-5-4-11-8)13-14-6-2-1-3-7-14/h4-5H,1-3,6-7H2,(H,12,13)(H,15,16). The number of aromatic nitrogens is 2. The Labute approximate surface area is 93.3 Å². The van der Waals surface area contributed by atoms with Gasteiger partial charge in [0.15, 0.2) is 11.5 Å². The van der Waals surface area contributed by atoms with Crippen LogP contribution in [0.1, 0.15) is 29.8 Å². The van der Waals surface area contributed by atoms with Gasteiger partial charge in [0.25, 0.3) is 0 Å². The SMILES string of the molecule is O=C(O)c1nccnc1NN1CCCCC1. The van der Waals surface area contributed by atoms with E-state index in [9.17, 15) is 4.79 Å². The van der Waals surface area contributed by atoms with Gasteiger partial charge in [0.1, 0.15) is 0 Å². The molecule has 86 valence electrons. The van der Waals surface area contributed by atoms with Crippen LogP contribution in [0.4, 0.5) is 5.82 Å². The van der Waals surface area contributed by atoms with Crippen LogP contribution in [-0.2, 0) is 0 Å². The quantitative estimate of drug-likeness (QED) is 0.794. The molecule has 6 heteroatoms. The molecule has 0 spiro atoms. The minimum absolute atomic E-state index is 0.0342.